The maximum absolute atomic E-state index is 12.9. The number of fused-ring (bicyclic) bond motifs is 1. The number of aromatic amines is 1. The van der Waals surface area contributed by atoms with Gasteiger partial charge in [0.05, 0.1) is 6.04 Å². The van der Waals surface area contributed by atoms with Crippen LogP contribution in [0.5, 0.6) is 0 Å². The fourth-order valence-corrected chi connectivity index (χ4v) is 3.80. The minimum atomic E-state index is 0.0571. The van der Waals surface area contributed by atoms with Gasteiger partial charge < -0.3 is 14.4 Å². The molecule has 1 saturated heterocycles. The smallest absolute Gasteiger partial charge is 0.223 e. The second kappa shape index (κ2) is 6.75. The third-order valence-electron chi connectivity index (χ3n) is 5.09. The van der Waals surface area contributed by atoms with E-state index in [9.17, 15) is 4.79 Å². The number of piperidine rings is 1. The van der Waals surface area contributed by atoms with Gasteiger partial charge in [-0.15, -0.1) is 0 Å². The van der Waals surface area contributed by atoms with Crippen molar-refractivity contribution in [1.29, 1.82) is 0 Å². The predicted molar refractivity (Wildman–Crippen MR) is 96.2 cm³/mol. The van der Waals surface area contributed by atoms with Crippen LogP contribution in [0, 0.1) is 6.92 Å². The highest BCUT2D eigenvalue weighted by atomic mass is 16.5. The van der Waals surface area contributed by atoms with E-state index in [1.54, 1.807) is 0 Å². The van der Waals surface area contributed by atoms with Gasteiger partial charge in [-0.2, -0.15) is 0 Å². The van der Waals surface area contributed by atoms with Gasteiger partial charge in [0.15, 0.2) is 0 Å². The van der Waals surface area contributed by atoms with Crippen molar-refractivity contribution in [1.82, 2.24) is 15.0 Å². The maximum atomic E-state index is 12.9. The molecular weight excluding hydrogens is 314 g/mol. The first-order chi connectivity index (χ1) is 12.2. The van der Waals surface area contributed by atoms with Crippen LogP contribution in [0.15, 0.2) is 41.1 Å². The number of likely N-dealkylation sites (tertiary alicyclic amines) is 1. The van der Waals surface area contributed by atoms with Gasteiger partial charge in [0.25, 0.3) is 0 Å². The molecule has 3 aromatic rings. The van der Waals surface area contributed by atoms with Gasteiger partial charge in [-0.25, -0.2) is 0 Å². The molecule has 1 N–H and O–H groups in total. The van der Waals surface area contributed by atoms with Crippen molar-refractivity contribution in [2.24, 2.45) is 0 Å². The van der Waals surface area contributed by atoms with Gasteiger partial charge in [0, 0.05) is 36.1 Å². The number of hydrogen-bond donors (Lipinski definition) is 1. The molecule has 1 aliphatic heterocycles. The summed E-state index contributed by atoms with van der Waals surface area (Å²) in [4.78, 5) is 18.2. The van der Waals surface area contributed by atoms with Crippen molar-refractivity contribution in [2.45, 2.75) is 45.1 Å². The number of nitrogens with one attached hydrogen (secondary N) is 1. The lowest BCUT2D eigenvalue weighted by molar-refractivity contribution is -0.135. The van der Waals surface area contributed by atoms with Gasteiger partial charge in [-0.05, 0) is 44.2 Å². The monoisotopic (exact) mass is 337 g/mol. The molecule has 1 unspecified atom stereocenters. The highest BCUT2D eigenvalue weighted by Gasteiger charge is 2.29. The molecule has 0 aliphatic carbocycles. The summed E-state index contributed by atoms with van der Waals surface area (Å²) in [5, 5.41) is 5.36. The molecular formula is C20H23N3O2. The van der Waals surface area contributed by atoms with Crippen LogP contribution in [-0.2, 0) is 11.2 Å². The summed E-state index contributed by atoms with van der Waals surface area (Å²) in [5.74, 6) is 1.00. The number of aryl methyl sites for hydroxylation is 2. The van der Waals surface area contributed by atoms with E-state index in [2.05, 4.69) is 22.3 Å². The lowest BCUT2D eigenvalue weighted by Crippen LogP contribution is -2.38. The molecule has 0 saturated carbocycles. The Morgan fingerprint density at radius 1 is 1.36 bits per heavy atom. The average molecular weight is 337 g/mol. The van der Waals surface area contributed by atoms with Crippen LogP contribution in [0.1, 0.15) is 48.7 Å². The van der Waals surface area contributed by atoms with E-state index < -0.39 is 0 Å². The summed E-state index contributed by atoms with van der Waals surface area (Å²) in [7, 11) is 0. The van der Waals surface area contributed by atoms with Crippen molar-refractivity contribution in [2.75, 3.05) is 6.54 Å². The number of aromatic nitrogens is 2. The molecule has 5 heteroatoms. The van der Waals surface area contributed by atoms with Gasteiger partial charge in [0.1, 0.15) is 11.5 Å². The lowest BCUT2D eigenvalue weighted by Gasteiger charge is -2.34. The van der Waals surface area contributed by atoms with E-state index >= 15 is 0 Å². The molecule has 1 aromatic carbocycles. The second-order valence-corrected chi connectivity index (χ2v) is 6.82. The van der Waals surface area contributed by atoms with E-state index in [-0.39, 0.29) is 11.9 Å². The van der Waals surface area contributed by atoms with Crippen LogP contribution < -0.4 is 0 Å². The molecule has 3 heterocycles. The van der Waals surface area contributed by atoms with Crippen molar-refractivity contribution in [3.8, 4) is 0 Å². The SMILES string of the molecule is Cc1cc(C2CCCCN2C(=O)CCc2c[nH]c3ccccc23)no1. The van der Waals surface area contributed by atoms with Gasteiger partial charge in [0.2, 0.25) is 5.91 Å². The highest BCUT2D eigenvalue weighted by Crippen LogP contribution is 2.31. The molecule has 25 heavy (non-hydrogen) atoms. The van der Waals surface area contributed by atoms with E-state index in [4.69, 9.17) is 4.52 Å². The van der Waals surface area contributed by atoms with Gasteiger partial charge >= 0.3 is 0 Å². The third-order valence-corrected chi connectivity index (χ3v) is 5.09. The van der Waals surface area contributed by atoms with Crippen LogP contribution in [0.25, 0.3) is 10.9 Å². The number of carbonyl (C=O) groups is 1. The Kier molecular flexibility index (Phi) is 4.30. The van der Waals surface area contributed by atoms with Crippen LogP contribution in [0.3, 0.4) is 0 Å². The number of carbonyl (C=O) groups excluding carboxylic acids is 1. The Labute approximate surface area is 147 Å². The van der Waals surface area contributed by atoms with E-state index in [1.165, 1.54) is 10.9 Å². The van der Waals surface area contributed by atoms with Crippen molar-refractivity contribution >= 4 is 16.8 Å². The maximum Gasteiger partial charge on any atom is 0.223 e. The molecule has 4 rings (SSSR count). The topological polar surface area (TPSA) is 62.1 Å². The molecule has 2 aromatic heterocycles. The molecule has 130 valence electrons. The quantitative estimate of drug-likeness (QED) is 0.778. The Morgan fingerprint density at radius 2 is 2.24 bits per heavy atom. The van der Waals surface area contributed by atoms with Crippen molar-refractivity contribution in [3.63, 3.8) is 0 Å². The molecule has 0 radical (unpaired) electrons. The van der Waals surface area contributed by atoms with Crippen LogP contribution in [0.2, 0.25) is 0 Å². The average Bonchev–Trinajstić information content (AvgIpc) is 3.26. The minimum absolute atomic E-state index is 0.0571. The molecule has 1 fully saturated rings. The van der Waals surface area contributed by atoms with Crippen LogP contribution in [-0.4, -0.2) is 27.5 Å². The van der Waals surface area contributed by atoms with E-state index in [0.717, 1.165) is 49.2 Å². The van der Waals surface area contributed by atoms with E-state index in [0.29, 0.717) is 6.42 Å². The number of hydrogen-bond acceptors (Lipinski definition) is 3. The predicted octanol–water partition coefficient (Wildman–Crippen LogP) is 4.15. The van der Waals surface area contributed by atoms with Crippen molar-refractivity contribution < 1.29 is 9.32 Å². The summed E-state index contributed by atoms with van der Waals surface area (Å²) in [6.45, 7) is 2.70. The zero-order valence-electron chi connectivity index (χ0n) is 14.5. The molecule has 1 aliphatic rings. The zero-order chi connectivity index (χ0) is 17.2. The largest absolute Gasteiger partial charge is 0.361 e. The number of para-hydroxylation sites is 1. The summed E-state index contributed by atoms with van der Waals surface area (Å²) in [6.07, 6.45) is 6.45. The summed E-state index contributed by atoms with van der Waals surface area (Å²) in [5.41, 5.74) is 3.21. The summed E-state index contributed by atoms with van der Waals surface area (Å²) in [6, 6.07) is 10.2. The number of amides is 1. The highest BCUT2D eigenvalue weighted by molar-refractivity contribution is 5.84. The first-order valence-corrected chi connectivity index (χ1v) is 9.00. The number of nitrogens with zero attached hydrogens (tertiary/aromatic N) is 2. The van der Waals surface area contributed by atoms with Crippen LogP contribution in [0.4, 0.5) is 0 Å². The minimum Gasteiger partial charge on any atom is -0.361 e. The molecule has 5 nitrogen and oxygen atoms in total. The van der Waals surface area contributed by atoms with Crippen molar-refractivity contribution in [3.05, 3.63) is 53.5 Å². The Bertz CT molecular complexity index is 880. The third kappa shape index (κ3) is 3.18. The Morgan fingerprint density at radius 3 is 3.08 bits per heavy atom. The molecule has 1 atom stereocenters. The van der Waals surface area contributed by atoms with E-state index in [1.807, 2.05) is 36.2 Å². The number of benzene rings is 1. The van der Waals surface area contributed by atoms with Crippen LogP contribution >= 0.6 is 0 Å². The lowest BCUT2D eigenvalue weighted by atomic mass is 9.98. The standard InChI is InChI=1S/C20H23N3O2/c1-14-12-18(22-25-14)19-8-4-5-11-23(19)20(24)10-9-15-13-21-17-7-3-2-6-16(15)17/h2-3,6-7,12-13,19,21H,4-5,8-11H2,1H3. The van der Waals surface area contributed by atoms with Gasteiger partial charge in [-0.1, -0.05) is 23.4 Å². The Hall–Kier alpha value is -2.56. The molecule has 0 bridgehead atoms. The first-order valence-electron chi connectivity index (χ1n) is 9.00. The second-order valence-electron chi connectivity index (χ2n) is 6.82. The number of rotatable bonds is 4. The fourth-order valence-electron chi connectivity index (χ4n) is 3.80. The number of H-pyrrole nitrogens is 1. The molecule has 0 spiro atoms. The fraction of sp³-hybridized carbons (Fsp3) is 0.400. The normalized spacial score (nSPS) is 18.0. The zero-order valence-corrected chi connectivity index (χ0v) is 14.5. The summed E-state index contributed by atoms with van der Waals surface area (Å²) < 4.78 is 5.22. The first kappa shape index (κ1) is 15.9. The van der Waals surface area contributed by atoms with Gasteiger partial charge in [-0.3, -0.25) is 4.79 Å². The molecule has 1 amide bonds. The Balaban J connectivity index is 1.47. The summed E-state index contributed by atoms with van der Waals surface area (Å²) >= 11 is 0.